The highest BCUT2D eigenvalue weighted by molar-refractivity contribution is 4.73. The van der Waals surface area contributed by atoms with E-state index in [1.807, 2.05) is 0 Å². The molecule has 1 heterocycles. The molecule has 0 saturated carbocycles. The van der Waals surface area contributed by atoms with E-state index in [1.165, 1.54) is 58.2 Å². The maximum absolute atomic E-state index is 2.72. The Morgan fingerprint density at radius 1 is 0.882 bits per heavy atom. The Kier molecular flexibility index (Phi) is 7.18. The second-order valence-corrected chi connectivity index (χ2v) is 6.32. The standard InChI is InChI=1S/C16H33N/c1-5-10-14(2)16(4)15(3)13-17-11-8-6-7-9-12-17/h14-16H,5-13H2,1-4H3. The summed E-state index contributed by atoms with van der Waals surface area (Å²) in [7, 11) is 0. The summed E-state index contributed by atoms with van der Waals surface area (Å²) in [6.07, 6.45) is 8.48. The van der Waals surface area contributed by atoms with Crippen molar-refractivity contribution in [3.8, 4) is 0 Å². The first kappa shape index (κ1) is 15.0. The van der Waals surface area contributed by atoms with E-state index in [-0.39, 0.29) is 0 Å². The largest absolute Gasteiger partial charge is 0.303 e. The number of nitrogens with zero attached hydrogens (tertiary/aromatic N) is 1. The summed E-state index contributed by atoms with van der Waals surface area (Å²) in [6, 6.07) is 0. The molecule has 1 aliphatic rings. The van der Waals surface area contributed by atoms with Crippen LogP contribution in [-0.4, -0.2) is 24.5 Å². The van der Waals surface area contributed by atoms with Gasteiger partial charge in [0.2, 0.25) is 0 Å². The molecule has 1 heteroatoms. The van der Waals surface area contributed by atoms with Crippen molar-refractivity contribution in [2.45, 2.75) is 66.2 Å². The summed E-state index contributed by atoms with van der Waals surface area (Å²) in [6.45, 7) is 13.7. The molecule has 102 valence electrons. The van der Waals surface area contributed by atoms with E-state index in [4.69, 9.17) is 0 Å². The van der Waals surface area contributed by atoms with Crippen molar-refractivity contribution in [1.29, 1.82) is 0 Å². The third-order valence-electron chi connectivity index (χ3n) is 4.78. The highest BCUT2D eigenvalue weighted by atomic mass is 15.1. The molecule has 3 atom stereocenters. The minimum Gasteiger partial charge on any atom is -0.303 e. The monoisotopic (exact) mass is 239 g/mol. The second-order valence-electron chi connectivity index (χ2n) is 6.32. The van der Waals surface area contributed by atoms with Crippen LogP contribution in [0.4, 0.5) is 0 Å². The van der Waals surface area contributed by atoms with Crippen LogP contribution in [0.25, 0.3) is 0 Å². The molecule has 1 rings (SSSR count). The van der Waals surface area contributed by atoms with Crippen LogP contribution in [-0.2, 0) is 0 Å². The lowest BCUT2D eigenvalue weighted by molar-refractivity contribution is 0.177. The van der Waals surface area contributed by atoms with Crippen LogP contribution in [0.5, 0.6) is 0 Å². The maximum Gasteiger partial charge on any atom is 0.000966 e. The minimum atomic E-state index is 0.856. The Morgan fingerprint density at radius 3 is 2.00 bits per heavy atom. The third kappa shape index (κ3) is 5.42. The Balaban J connectivity index is 2.32. The first-order valence-corrected chi connectivity index (χ1v) is 7.87. The van der Waals surface area contributed by atoms with Gasteiger partial charge in [0.25, 0.3) is 0 Å². The second kappa shape index (κ2) is 8.13. The van der Waals surface area contributed by atoms with Crippen molar-refractivity contribution < 1.29 is 0 Å². The van der Waals surface area contributed by atoms with E-state index in [2.05, 4.69) is 32.6 Å². The topological polar surface area (TPSA) is 3.24 Å². The van der Waals surface area contributed by atoms with Crippen LogP contribution >= 0.6 is 0 Å². The van der Waals surface area contributed by atoms with Gasteiger partial charge in [0.15, 0.2) is 0 Å². The van der Waals surface area contributed by atoms with Gasteiger partial charge in [0.1, 0.15) is 0 Å². The molecule has 1 fully saturated rings. The van der Waals surface area contributed by atoms with Crippen molar-refractivity contribution in [3.63, 3.8) is 0 Å². The predicted octanol–water partition coefficient (Wildman–Crippen LogP) is 4.57. The fraction of sp³-hybridized carbons (Fsp3) is 1.00. The fourth-order valence-corrected chi connectivity index (χ4v) is 3.17. The molecule has 0 amide bonds. The quantitative estimate of drug-likeness (QED) is 0.656. The number of hydrogen-bond acceptors (Lipinski definition) is 1. The van der Waals surface area contributed by atoms with Gasteiger partial charge in [-0.25, -0.2) is 0 Å². The number of likely N-dealkylation sites (tertiary alicyclic amines) is 1. The average molecular weight is 239 g/mol. The van der Waals surface area contributed by atoms with Gasteiger partial charge in [0.05, 0.1) is 0 Å². The SMILES string of the molecule is CCCC(C)C(C)C(C)CN1CCCCCC1. The van der Waals surface area contributed by atoms with E-state index >= 15 is 0 Å². The Bertz CT molecular complexity index is 182. The highest BCUT2D eigenvalue weighted by Gasteiger charge is 2.21. The first-order valence-electron chi connectivity index (χ1n) is 7.87. The molecule has 0 aromatic rings. The lowest BCUT2D eigenvalue weighted by Crippen LogP contribution is -2.33. The molecule has 1 aliphatic heterocycles. The normalized spacial score (nSPS) is 24.0. The number of rotatable bonds is 6. The molecule has 0 aromatic heterocycles. The smallest absolute Gasteiger partial charge is 0.000966 e. The summed E-state index contributed by atoms with van der Waals surface area (Å²) < 4.78 is 0. The molecule has 3 unspecified atom stereocenters. The lowest BCUT2D eigenvalue weighted by atomic mass is 9.82. The molecule has 0 bridgehead atoms. The molecular formula is C16H33N. The summed E-state index contributed by atoms with van der Waals surface area (Å²) in [5.74, 6) is 2.62. The molecule has 0 aromatic carbocycles. The molecule has 0 spiro atoms. The Hall–Kier alpha value is -0.0400. The van der Waals surface area contributed by atoms with Gasteiger partial charge in [0, 0.05) is 6.54 Å². The zero-order valence-electron chi connectivity index (χ0n) is 12.5. The van der Waals surface area contributed by atoms with Crippen LogP contribution in [0.1, 0.15) is 66.2 Å². The third-order valence-corrected chi connectivity index (χ3v) is 4.78. The van der Waals surface area contributed by atoms with Gasteiger partial charge in [-0.15, -0.1) is 0 Å². The van der Waals surface area contributed by atoms with Gasteiger partial charge >= 0.3 is 0 Å². The lowest BCUT2D eigenvalue weighted by Gasteiger charge is -2.31. The highest BCUT2D eigenvalue weighted by Crippen LogP contribution is 2.25. The average Bonchev–Trinajstić information content (AvgIpc) is 2.57. The molecule has 1 nitrogen and oxygen atoms in total. The van der Waals surface area contributed by atoms with Gasteiger partial charge in [-0.3, -0.25) is 0 Å². The number of hydrogen-bond donors (Lipinski definition) is 0. The van der Waals surface area contributed by atoms with Crippen LogP contribution in [0.15, 0.2) is 0 Å². The van der Waals surface area contributed by atoms with E-state index < -0.39 is 0 Å². The molecule has 0 radical (unpaired) electrons. The fourth-order valence-electron chi connectivity index (χ4n) is 3.17. The van der Waals surface area contributed by atoms with Gasteiger partial charge < -0.3 is 4.90 Å². The van der Waals surface area contributed by atoms with Crippen LogP contribution in [0.2, 0.25) is 0 Å². The van der Waals surface area contributed by atoms with E-state index in [0.29, 0.717) is 0 Å². The maximum atomic E-state index is 2.72. The van der Waals surface area contributed by atoms with Crippen LogP contribution in [0, 0.1) is 17.8 Å². The zero-order chi connectivity index (χ0) is 12.7. The van der Waals surface area contributed by atoms with Crippen molar-refractivity contribution in [2.75, 3.05) is 19.6 Å². The first-order chi connectivity index (χ1) is 8.15. The van der Waals surface area contributed by atoms with E-state index in [1.54, 1.807) is 0 Å². The zero-order valence-corrected chi connectivity index (χ0v) is 12.5. The summed E-state index contributed by atoms with van der Waals surface area (Å²) >= 11 is 0. The van der Waals surface area contributed by atoms with E-state index in [9.17, 15) is 0 Å². The molecule has 0 aliphatic carbocycles. The van der Waals surface area contributed by atoms with Gasteiger partial charge in [-0.2, -0.15) is 0 Å². The predicted molar refractivity (Wildman–Crippen MR) is 77.3 cm³/mol. The molecule has 17 heavy (non-hydrogen) atoms. The summed E-state index contributed by atoms with van der Waals surface area (Å²) in [5.41, 5.74) is 0. The minimum absolute atomic E-state index is 0.856. The van der Waals surface area contributed by atoms with E-state index in [0.717, 1.165) is 17.8 Å². The summed E-state index contributed by atoms with van der Waals surface area (Å²) in [5, 5.41) is 0. The van der Waals surface area contributed by atoms with Crippen LogP contribution in [0.3, 0.4) is 0 Å². The van der Waals surface area contributed by atoms with Crippen molar-refractivity contribution in [1.82, 2.24) is 4.90 Å². The van der Waals surface area contributed by atoms with Crippen molar-refractivity contribution in [2.24, 2.45) is 17.8 Å². The molecule has 1 saturated heterocycles. The van der Waals surface area contributed by atoms with Crippen LogP contribution < -0.4 is 0 Å². The van der Waals surface area contributed by atoms with Gasteiger partial charge in [-0.1, -0.05) is 53.4 Å². The van der Waals surface area contributed by atoms with Crippen molar-refractivity contribution >= 4 is 0 Å². The Labute approximate surface area is 109 Å². The molecule has 0 N–H and O–H groups in total. The van der Waals surface area contributed by atoms with Crippen molar-refractivity contribution in [3.05, 3.63) is 0 Å². The Morgan fingerprint density at radius 2 is 1.47 bits per heavy atom. The molecular weight excluding hydrogens is 206 g/mol. The van der Waals surface area contributed by atoms with Gasteiger partial charge in [-0.05, 0) is 43.7 Å². The summed E-state index contributed by atoms with van der Waals surface area (Å²) in [4.78, 5) is 2.72.